The highest BCUT2D eigenvalue weighted by atomic mass is 32.1. The molecule has 0 saturated carbocycles. The molecular weight excluding hydrogens is 272 g/mol. The van der Waals surface area contributed by atoms with E-state index in [2.05, 4.69) is 16.9 Å². The van der Waals surface area contributed by atoms with Crippen LogP contribution in [0.2, 0.25) is 0 Å². The van der Waals surface area contributed by atoms with Crippen molar-refractivity contribution in [1.82, 2.24) is 19.2 Å². The molecular formula is C14H18N4OS. The third-order valence-electron chi connectivity index (χ3n) is 3.43. The fourth-order valence-electron chi connectivity index (χ4n) is 2.41. The highest BCUT2D eigenvalue weighted by Gasteiger charge is 2.17. The van der Waals surface area contributed by atoms with Gasteiger partial charge < -0.3 is 4.74 Å². The first-order chi connectivity index (χ1) is 9.74. The molecule has 0 spiro atoms. The van der Waals surface area contributed by atoms with Crippen molar-refractivity contribution in [2.24, 2.45) is 0 Å². The van der Waals surface area contributed by atoms with E-state index in [1.165, 1.54) is 0 Å². The van der Waals surface area contributed by atoms with Crippen molar-refractivity contribution >= 4 is 12.2 Å². The van der Waals surface area contributed by atoms with E-state index in [4.69, 9.17) is 17.0 Å². The number of para-hydroxylation sites is 1. The standard InChI is InChI=1S/C14H18N4OS/c1-12-9-16(7-8-19-12)11-18-14(20)17(10-15-18)13-5-3-2-4-6-13/h2-6,10,12H,7-9,11H2,1H3/t12-/m0/s1. The van der Waals surface area contributed by atoms with E-state index in [1.807, 2.05) is 39.6 Å². The number of rotatable bonds is 3. The first-order valence-electron chi connectivity index (χ1n) is 6.78. The van der Waals surface area contributed by atoms with E-state index in [-0.39, 0.29) is 6.10 Å². The van der Waals surface area contributed by atoms with Crippen LogP contribution in [0.1, 0.15) is 6.92 Å². The summed E-state index contributed by atoms with van der Waals surface area (Å²) in [6, 6.07) is 10.0. The summed E-state index contributed by atoms with van der Waals surface area (Å²) >= 11 is 5.51. The zero-order valence-corrected chi connectivity index (χ0v) is 12.3. The van der Waals surface area contributed by atoms with Gasteiger partial charge in [0.15, 0.2) is 0 Å². The lowest BCUT2D eigenvalue weighted by Gasteiger charge is -2.30. The molecule has 1 saturated heterocycles. The van der Waals surface area contributed by atoms with Gasteiger partial charge in [-0.1, -0.05) is 18.2 Å². The zero-order chi connectivity index (χ0) is 13.9. The molecule has 2 aromatic rings. The molecule has 1 aromatic carbocycles. The Balaban J connectivity index is 1.79. The summed E-state index contributed by atoms with van der Waals surface area (Å²) < 4.78 is 10.1. The predicted molar refractivity (Wildman–Crippen MR) is 79.4 cm³/mol. The van der Waals surface area contributed by atoms with Gasteiger partial charge >= 0.3 is 0 Å². The minimum absolute atomic E-state index is 0.272. The van der Waals surface area contributed by atoms with Gasteiger partial charge in [0.25, 0.3) is 0 Å². The van der Waals surface area contributed by atoms with Crippen LogP contribution in [0.15, 0.2) is 36.7 Å². The van der Waals surface area contributed by atoms with E-state index in [0.717, 1.165) is 30.2 Å². The highest BCUT2D eigenvalue weighted by molar-refractivity contribution is 7.71. The predicted octanol–water partition coefficient (Wildman–Crippen LogP) is 2.08. The Bertz CT molecular complexity index is 622. The average molecular weight is 290 g/mol. The number of aromatic nitrogens is 3. The Morgan fingerprint density at radius 2 is 2.15 bits per heavy atom. The number of morpholine rings is 1. The zero-order valence-electron chi connectivity index (χ0n) is 11.5. The molecule has 5 nitrogen and oxygen atoms in total. The van der Waals surface area contributed by atoms with Gasteiger partial charge in [-0.25, -0.2) is 4.68 Å². The molecule has 0 amide bonds. The van der Waals surface area contributed by atoms with Crippen LogP contribution in [0.3, 0.4) is 0 Å². The third-order valence-corrected chi connectivity index (χ3v) is 3.83. The molecule has 106 valence electrons. The topological polar surface area (TPSA) is 35.2 Å². The van der Waals surface area contributed by atoms with Gasteiger partial charge in [-0.05, 0) is 31.3 Å². The van der Waals surface area contributed by atoms with Crippen molar-refractivity contribution in [3.05, 3.63) is 41.4 Å². The summed E-state index contributed by atoms with van der Waals surface area (Å²) in [7, 11) is 0. The van der Waals surface area contributed by atoms with Gasteiger partial charge in [-0.3, -0.25) is 9.47 Å². The molecule has 0 radical (unpaired) electrons. The van der Waals surface area contributed by atoms with Crippen LogP contribution in [0.25, 0.3) is 5.69 Å². The normalized spacial score (nSPS) is 20.1. The Kier molecular flexibility index (Phi) is 3.95. The van der Waals surface area contributed by atoms with E-state index in [0.29, 0.717) is 6.67 Å². The average Bonchev–Trinajstić information content (AvgIpc) is 2.81. The van der Waals surface area contributed by atoms with E-state index in [1.54, 1.807) is 6.33 Å². The Hall–Kier alpha value is -1.50. The quantitative estimate of drug-likeness (QED) is 0.811. The monoisotopic (exact) mass is 290 g/mol. The van der Waals surface area contributed by atoms with E-state index >= 15 is 0 Å². The van der Waals surface area contributed by atoms with Crippen molar-refractivity contribution in [1.29, 1.82) is 0 Å². The van der Waals surface area contributed by atoms with Gasteiger partial charge in [0, 0.05) is 18.8 Å². The number of hydrogen-bond donors (Lipinski definition) is 0. The summed E-state index contributed by atoms with van der Waals surface area (Å²) in [6.07, 6.45) is 2.05. The van der Waals surface area contributed by atoms with E-state index in [9.17, 15) is 0 Å². The molecule has 20 heavy (non-hydrogen) atoms. The summed E-state index contributed by atoms with van der Waals surface area (Å²) in [5.41, 5.74) is 1.04. The van der Waals surface area contributed by atoms with Gasteiger partial charge in [0.2, 0.25) is 4.77 Å². The van der Waals surface area contributed by atoms with Gasteiger partial charge in [0.05, 0.1) is 19.4 Å². The maximum absolute atomic E-state index is 5.55. The van der Waals surface area contributed by atoms with Crippen molar-refractivity contribution in [2.45, 2.75) is 19.7 Å². The van der Waals surface area contributed by atoms with Crippen LogP contribution in [-0.2, 0) is 11.4 Å². The third kappa shape index (κ3) is 2.82. The molecule has 1 fully saturated rings. The van der Waals surface area contributed by atoms with Gasteiger partial charge in [-0.2, -0.15) is 5.10 Å². The van der Waals surface area contributed by atoms with Crippen molar-refractivity contribution in [3.8, 4) is 5.69 Å². The Morgan fingerprint density at radius 1 is 1.35 bits per heavy atom. The summed E-state index contributed by atoms with van der Waals surface area (Å²) in [4.78, 5) is 2.31. The Labute approximate surface area is 123 Å². The lowest BCUT2D eigenvalue weighted by Crippen LogP contribution is -2.42. The van der Waals surface area contributed by atoms with Crippen LogP contribution >= 0.6 is 12.2 Å². The lowest BCUT2D eigenvalue weighted by molar-refractivity contribution is -0.0307. The van der Waals surface area contributed by atoms with Crippen LogP contribution in [0.4, 0.5) is 0 Å². The first-order valence-corrected chi connectivity index (χ1v) is 7.19. The smallest absolute Gasteiger partial charge is 0.203 e. The van der Waals surface area contributed by atoms with Crippen LogP contribution in [0, 0.1) is 4.77 Å². The maximum Gasteiger partial charge on any atom is 0.203 e. The molecule has 3 rings (SSSR count). The summed E-state index contributed by atoms with van der Waals surface area (Å²) in [6.45, 7) is 5.42. The maximum atomic E-state index is 5.55. The number of nitrogens with zero attached hydrogens (tertiary/aromatic N) is 4. The fraction of sp³-hybridized carbons (Fsp3) is 0.429. The first kappa shape index (κ1) is 13.5. The van der Waals surface area contributed by atoms with Crippen molar-refractivity contribution in [3.63, 3.8) is 0 Å². The van der Waals surface area contributed by atoms with Crippen LogP contribution in [-0.4, -0.2) is 45.0 Å². The summed E-state index contributed by atoms with van der Waals surface area (Å²) in [5, 5.41) is 4.40. The molecule has 1 atom stereocenters. The number of benzene rings is 1. The fourth-order valence-corrected chi connectivity index (χ4v) is 2.67. The number of ether oxygens (including phenoxy) is 1. The largest absolute Gasteiger partial charge is 0.376 e. The SMILES string of the molecule is C[C@H]1CN(Cn2ncn(-c3ccccc3)c2=S)CCO1. The molecule has 0 bridgehead atoms. The van der Waals surface area contributed by atoms with Crippen LogP contribution in [0.5, 0.6) is 0 Å². The second kappa shape index (κ2) is 5.87. The second-order valence-corrected chi connectivity index (χ2v) is 5.38. The minimum atomic E-state index is 0.272. The Morgan fingerprint density at radius 3 is 2.90 bits per heavy atom. The summed E-state index contributed by atoms with van der Waals surface area (Å²) in [5.74, 6) is 0. The van der Waals surface area contributed by atoms with Crippen molar-refractivity contribution < 1.29 is 4.74 Å². The van der Waals surface area contributed by atoms with Gasteiger partial charge in [0.1, 0.15) is 6.33 Å². The molecule has 0 N–H and O–H groups in total. The second-order valence-electron chi connectivity index (χ2n) is 5.02. The molecule has 1 aliphatic heterocycles. The molecule has 1 aromatic heterocycles. The lowest BCUT2D eigenvalue weighted by atomic mass is 10.3. The molecule has 0 unspecified atom stereocenters. The highest BCUT2D eigenvalue weighted by Crippen LogP contribution is 2.10. The van der Waals surface area contributed by atoms with Crippen molar-refractivity contribution in [2.75, 3.05) is 19.7 Å². The minimum Gasteiger partial charge on any atom is -0.376 e. The van der Waals surface area contributed by atoms with E-state index < -0.39 is 0 Å². The molecule has 2 heterocycles. The molecule has 1 aliphatic rings. The van der Waals surface area contributed by atoms with Gasteiger partial charge in [-0.15, -0.1) is 0 Å². The van der Waals surface area contributed by atoms with Crippen LogP contribution < -0.4 is 0 Å². The number of hydrogen-bond acceptors (Lipinski definition) is 4. The molecule has 6 heteroatoms. The molecule has 0 aliphatic carbocycles.